The molecule has 0 amide bonds. The third-order valence-electron chi connectivity index (χ3n) is 3.55. The zero-order valence-corrected chi connectivity index (χ0v) is 11.9. The van der Waals surface area contributed by atoms with E-state index in [1.54, 1.807) is 0 Å². The summed E-state index contributed by atoms with van der Waals surface area (Å²) in [6.07, 6.45) is 0.700. The molecule has 1 aliphatic rings. The molecule has 0 saturated carbocycles. The van der Waals surface area contributed by atoms with Gasteiger partial charge in [-0.05, 0) is 30.9 Å². The van der Waals surface area contributed by atoms with Gasteiger partial charge in [-0.1, -0.05) is 6.07 Å². The lowest BCUT2D eigenvalue weighted by Crippen LogP contribution is -2.39. The van der Waals surface area contributed by atoms with Crippen LogP contribution in [0.5, 0.6) is 0 Å². The molecule has 0 unspecified atom stereocenters. The van der Waals surface area contributed by atoms with E-state index in [0.717, 1.165) is 22.5 Å². The first-order valence-corrected chi connectivity index (χ1v) is 7.92. The molecule has 1 fully saturated rings. The Morgan fingerprint density at radius 1 is 1.24 bits per heavy atom. The summed E-state index contributed by atoms with van der Waals surface area (Å²) in [5, 5.41) is 8.71. The molecule has 0 aromatic heterocycles. The average Bonchev–Trinajstić information content (AvgIpc) is 2.38. The summed E-state index contributed by atoms with van der Waals surface area (Å²) in [6, 6.07) is 2.89. The van der Waals surface area contributed by atoms with Gasteiger partial charge in [0.2, 0.25) is 10.0 Å². The van der Waals surface area contributed by atoms with Gasteiger partial charge in [0.25, 0.3) is 0 Å². The van der Waals surface area contributed by atoms with Crippen molar-refractivity contribution in [3.05, 3.63) is 29.8 Å². The fourth-order valence-corrected chi connectivity index (χ4v) is 4.04. The van der Waals surface area contributed by atoms with Crippen LogP contribution in [0.1, 0.15) is 19.3 Å². The summed E-state index contributed by atoms with van der Waals surface area (Å²) >= 11 is 0. The van der Waals surface area contributed by atoms with Crippen LogP contribution in [0, 0.1) is 17.6 Å². The van der Waals surface area contributed by atoms with E-state index in [1.165, 1.54) is 0 Å². The molecule has 1 saturated heterocycles. The molecule has 1 aromatic rings. The molecule has 116 valence electrons. The van der Waals surface area contributed by atoms with Crippen molar-refractivity contribution >= 4 is 16.0 Å². The first-order chi connectivity index (χ1) is 9.82. The van der Waals surface area contributed by atoms with E-state index in [9.17, 15) is 22.0 Å². The molecule has 1 aliphatic heterocycles. The van der Waals surface area contributed by atoms with Gasteiger partial charge in [0.05, 0.1) is 0 Å². The maximum Gasteiger partial charge on any atom is 0.303 e. The SMILES string of the molecule is O=C(O)CC1CCN(S(=O)(=O)c2c(F)cccc2F)CC1. The minimum Gasteiger partial charge on any atom is -0.481 e. The largest absolute Gasteiger partial charge is 0.481 e. The van der Waals surface area contributed by atoms with Gasteiger partial charge >= 0.3 is 5.97 Å². The number of carboxylic acid groups (broad SMARTS) is 1. The lowest BCUT2D eigenvalue weighted by molar-refractivity contribution is -0.138. The summed E-state index contributed by atoms with van der Waals surface area (Å²) in [6.45, 7) is 0.127. The van der Waals surface area contributed by atoms with Crippen LogP contribution in [0.4, 0.5) is 8.78 Å². The van der Waals surface area contributed by atoms with E-state index in [2.05, 4.69) is 0 Å². The van der Waals surface area contributed by atoms with Gasteiger partial charge in [-0.2, -0.15) is 4.31 Å². The Kier molecular flexibility index (Phi) is 4.58. The molecule has 21 heavy (non-hydrogen) atoms. The number of piperidine rings is 1. The highest BCUT2D eigenvalue weighted by molar-refractivity contribution is 7.89. The number of hydrogen-bond acceptors (Lipinski definition) is 3. The molecule has 1 N–H and O–H groups in total. The molecule has 8 heteroatoms. The Labute approximate surface area is 121 Å². The van der Waals surface area contributed by atoms with Gasteiger partial charge in [0.15, 0.2) is 4.90 Å². The van der Waals surface area contributed by atoms with Crippen molar-refractivity contribution < 1.29 is 27.1 Å². The van der Waals surface area contributed by atoms with E-state index in [4.69, 9.17) is 5.11 Å². The van der Waals surface area contributed by atoms with Gasteiger partial charge < -0.3 is 5.11 Å². The fraction of sp³-hybridized carbons (Fsp3) is 0.462. The Balaban J connectivity index is 2.17. The van der Waals surface area contributed by atoms with Crippen LogP contribution in [0.3, 0.4) is 0 Å². The van der Waals surface area contributed by atoms with Crippen molar-refractivity contribution in [3.63, 3.8) is 0 Å². The van der Waals surface area contributed by atoms with Crippen LogP contribution in [0.25, 0.3) is 0 Å². The van der Waals surface area contributed by atoms with E-state index in [0.29, 0.717) is 12.8 Å². The van der Waals surface area contributed by atoms with Gasteiger partial charge in [0.1, 0.15) is 11.6 Å². The Bertz CT molecular complexity index is 619. The minimum absolute atomic E-state index is 0.0258. The molecule has 1 heterocycles. The Morgan fingerprint density at radius 2 is 1.76 bits per heavy atom. The monoisotopic (exact) mass is 319 g/mol. The van der Waals surface area contributed by atoms with Crippen molar-refractivity contribution in [1.82, 2.24) is 4.31 Å². The second-order valence-corrected chi connectivity index (χ2v) is 6.87. The van der Waals surface area contributed by atoms with E-state index in [1.807, 2.05) is 0 Å². The van der Waals surface area contributed by atoms with Crippen LogP contribution in [0.2, 0.25) is 0 Å². The highest BCUT2D eigenvalue weighted by Crippen LogP contribution is 2.28. The molecule has 0 atom stereocenters. The topological polar surface area (TPSA) is 74.7 Å². The predicted molar refractivity (Wildman–Crippen MR) is 70.1 cm³/mol. The van der Waals surface area contributed by atoms with E-state index < -0.39 is 32.5 Å². The van der Waals surface area contributed by atoms with Crippen LogP contribution >= 0.6 is 0 Å². The van der Waals surface area contributed by atoms with Crippen LogP contribution in [-0.4, -0.2) is 36.9 Å². The lowest BCUT2D eigenvalue weighted by atomic mass is 9.95. The quantitative estimate of drug-likeness (QED) is 0.919. The summed E-state index contributed by atoms with van der Waals surface area (Å²) in [5.74, 6) is -3.29. The maximum absolute atomic E-state index is 13.6. The van der Waals surface area contributed by atoms with Crippen LogP contribution < -0.4 is 0 Å². The first kappa shape index (κ1) is 15.8. The molecule has 0 bridgehead atoms. The van der Waals surface area contributed by atoms with Crippen LogP contribution in [-0.2, 0) is 14.8 Å². The van der Waals surface area contributed by atoms with E-state index in [-0.39, 0.29) is 25.4 Å². The number of sulfonamides is 1. The maximum atomic E-state index is 13.6. The number of aliphatic carboxylic acids is 1. The highest BCUT2D eigenvalue weighted by atomic mass is 32.2. The molecule has 5 nitrogen and oxygen atoms in total. The summed E-state index contributed by atoms with van der Waals surface area (Å²) in [4.78, 5) is 9.68. The summed E-state index contributed by atoms with van der Waals surface area (Å²) < 4.78 is 52.8. The molecule has 2 rings (SSSR count). The highest BCUT2D eigenvalue weighted by Gasteiger charge is 2.33. The molecule has 1 aromatic carbocycles. The number of carbonyl (C=O) groups is 1. The number of rotatable bonds is 4. The second-order valence-electron chi connectivity index (χ2n) is 5.00. The molecule has 0 radical (unpaired) electrons. The third-order valence-corrected chi connectivity index (χ3v) is 5.50. The first-order valence-electron chi connectivity index (χ1n) is 6.48. The average molecular weight is 319 g/mol. The summed E-state index contributed by atoms with van der Waals surface area (Å²) in [5.41, 5.74) is 0. The van der Waals surface area contributed by atoms with Crippen molar-refractivity contribution in [1.29, 1.82) is 0 Å². The number of carboxylic acids is 1. The smallest absolute Gasteiger partial charge is 0.303 e. The Morgan fingerprint density at radius 3 is 2.24 bits per heavy atom. The number of benzene rings is 1. The molecule has 0 aliphatic carbocycles. The fourth-order valence-electron chi connectivity index (χ4n) is 2.46. The lowest BCUT2D eigenvalue weighted by Gasteiger charge is -2.30. The minimum atomic E-state index is -4.24. The zero-order chi connectivity index (χ0) is 15.6. The van der Waals surface area contributed by atoms with Gasteiger partial charge in [-0.3, -0.25) is 4.79 Å². The number of hydrogen-bond donors (Lipinski definition) is 1. The number of nitrogens with zero attached hydrogens (tertiary/aromatic N) is 1. The zero-order valence-electron chi connectivity index (χ0n) is 11.1. The van der Waals surface area contributed by atoms with Crippen molar-refractivity contribution in [2.24, 2.45) is 5.92 Å². The van der Waals surface area contributed by atoms with E-state index >= 15 is 0 Å². The van der Waals surface area contributed by atoms with Gasteiger partial charge in [-0.15, -0.1) is 0 Å². The second kappa shape index (κ2) is 6.07. The van der Waals surface area contributed by atoms with Crippen LogP contribution in [0.15, 0.2) is 23.1 Å². The summed E-state index contributed by atoms with van der Waals surface area (Å²) in [7, 11) is -4.24. The molecular formula is C13H15F2NO4S. The van der Waals surface area contributed by atoms with Gasteiger partial charge in [0, 0.05) is 19.5 Å². The van der Waals surface area contributed by atoms with Crippen molar-refractivity contribution in [3.8, 4) is 0 Å². The molecular weight excluding hydrogens is 304 g/mol. The van der Waals surface area contributed by atoms with Crippen molar-refractivity contribution in [2.45, 2.75) is 24.2 Å². The normalized spacial score (nSPS) is 17.8. The standard InChI is InChI=1S/C13H15F2NO4S/c14-10-2-1-3-11(15)13(10)21(19,20)16-6-4-9(5-7-16)8-12(17)18/h1-3,9H,4-8H2,(H,17,18). The Hall–Kier alpha value is -1.54. The molecule has 0 spiro atoms. The predicted octanol–water partition coefficient (Wildman–Crippen LogP) is 1.84. The van der Waals surface area contributed by atoms with Crippen molar-refractivity contribution in [2.75, 3.05) is 13.1 Å². The number of halogens is 2. The van der Waals surface area contributed by atoms with Gasteiger partial charge in [-0.25, -0.2) is 17.2 Å². The third kappa shape index (κ3) is 3.38.